The quantitative estimate of drug-likeness (QED) is 0.818. The standard InChI is InChI=1S/C10H8BrClF3NOS/c11-8-2-1-6(12)5-7(8)9(17)16-3-4-18-10(13,14)15/h1-2,5H,3-4H2,(H,16,17). The van der Waals surface area contributed by atoms with Gasteiger partial charge in [-0.15, -0.1) is 0 Å². The Balaban J connectivity index is 2.48. The summed E-state index contributed by atoms with van der Waals surface area (Å²) in [5, 5.41) is 2.77. The van der Waals surface area contributed by atoms with Crippen molar-refractivity contribution in [2.45, 2.75) is 5.51 Å². The molecule has 0 radical (unpaired) electrons. The lowest BCUT2D eigenvalue weighted by molar-refractivity contribution is -0.0327. The maximum atomic E-state index is 11.8. The molecule has 1 aromatic carbocycles. The number of hydrogen-bond acceptors (Lipinski definition) is 2. The van der Waals surface area contributed by atoms with Gasteiger partial charge in [0.25, 0.3) is 5.91 Å². The molecule has 1 aromatic rings. The summed E-state index contributed by atoms with van der Waals surface area (Å²) in [6.45, 7) is -0.0675. The average Bonchev–Trinajstić information content (AvgIpc) is 2.26. The van der Waals surface area contributed by atoms with E-state index in [9.17, 15) is 18.0 Å². The Hall–Kier alpha value is -0.400. The van der Waals surface area contributed by atoms with Gasteiger partial charge in [0.05, 0.1) is 5.56 Å². The largest absolute Gasteiger partial charge is 0.441 e. The number of rotatable bonds is 4. The molecule has 1 amide bonds. The first kappa shape index (κ1) is 15.7. The molecule has 0 bridgehead atoms. The van der Waals surface area contributed by atoms with Crippen molar-refractivity contribution < 1.29 is 18.0 Å². The molecular weight excluding hydrogens is 355 g/mol. The predicted octanol–water partition coefficient (Wildman–Crippen LogP) is 4.09. The minimum Gasteiger partial charge on any atom is -0.351 e. The predicted molar refractivity (Wildman–Crippen MR) is 70.0 cm³/mol. The summed E-state index contributed by atoms with van der Waals surface area (Å²) in [6, 6.07) is 4.64. The SMILES string of the molecule is O=C(NCCSC(F)(F)F)c1cc(Cl)ccc1Br. The molecule has 0 fully saturated rings. The molecule has 0 aliphatic heterocycles. The van der Waals surface area contributed by atoms with Gasteiger partial charge in [0.1, 0.15) is 0 Å². The monoisotopic (exact) mass is 361 g/mol. The van der Waals surface area contributed by atoms with Gasteiger partial charge in [-0.25, -0.2) is 0 Å². The Morgan fingerprint density at radius 1 is 1.44 bits per heavy atom. The molecular formula is C10H8BrClF3NOS. The second-order valence-corrected chi connectivity index (χ2v) is 5.62. The highest BCUT2D eigenvalue weighted by Crippen LogP contribution is 2.29. The lowest BCUT2D eigenvalue weighted by atomic mass is 10.2. The minimum absolute atomic E-state index is 0.0675. The third-order valence-electron chi connectivity index (χ3n) is 1.83. The number of amides is 1. The highest BCUT2D eigenvalue weighted by molar-refractivity contribution is 9.10. The lowest BCUT2D eigenvalue weighted by Crippen LogP contribution is -2.26. The van der Waals surface area contributed by atoms with Crippen molar-refractivity contribution in [1.82, 2.24) is 5.32 Å². The molecule has 8 heteroatoms. The first-order valence-corrected chi connectivity index (χ1v) is 6.89. The summed E-state index contributed by atoms with van der Waals surface area (Å²) in [4.78, 5) is 11.7. The Bertz CT molecular complexity index is 442. The summed E-state index contributed by atoms with van der Waals surface area (Å²) < 4.78 is 36.1. The number of thioether (sulfide) groups is 1. The van der Waals surface area contributed by atoms with Crippen LogP contribution in [0.2, 0.25) is 5.02 Å². The van der Waals surface area contributed by atoms with Crippen molar-refractivity contribution in [1.29, 1.82) is 0 Å². The van der Waals surface area contributed by atoms with Crippen LogP contribution in [0, 0.1) is 0 Å². The molecule has 0 unspecified atom stereocenters. The van der Waals surface area contributed by atoms with Crippen LogP contribution in [0.25, 0.3) is 0 Å². The number of hydrogen-bond donors (Lipinski definition) is 1. The van der Waals surface area contributed by atoms with E-state index in [1.807, 2.05) is 0 Å². The van der Waals surface area contributed by atoms with Gasteiger partial charge >= 0.3 is 5.51 Å². The van der Waals surface area contributed by atoms with Crippen LogP contribution in [-0.2, 0) is 0 Å². The summed E-state index contributed by atoms with van der Waals surface area (Å²) >= 11 is 8.72. The van der Waals surface area contributed by atoms with Crippen LogP contribution >= 0.6 is 39.3 Å². The van der Waals surface area contributed by atoms with Gasteiger partial charge in [-0.05, 0) is 45.9 Å². The molecule has 1 rings (SSSR count). The summed E-state index contributed by atoms with van der Waals surface area (Å²) in [5.41, 5.74) is -3.99. The van der Waals surface area contributed by atoms with Crippen molar-refractivity contribution in [2.75, 3.05) is 12.3 Å². The Morgan fingerprint density at radius 2 is 2.11 bits per heavy atom. The number of carbonyl (C=O) groups is 1. The van der Waals surface area contributed by atoms with Gasteiger partial charge in [0.15, 0.2) is 0 Å². The fourth-order valence-electron chi connectivity index (χ4n) is 1.10. The van der Waals surface area contributed by atoms with E-state index in [2.05, 4.69) is 21.2 Å². The zero-order valence-electron chi connectivity index (χ0n) is 8.85. The number of carbonyl (C=O) groups excluding carboxylic acids is 1. The Morgan fingerprint density at radius 3 is 2.72 bits per heavy atom. The molecule has 0 aliphatic rings. The van der Waals surface area contributed by atoms with E-state index in [0.717, 1.165) is 0 Å². The third kappa shape index (κ3) is 5.49. The van der Waals surface area contributed by atoms with Gasteiger partial charge in [-0.2, -0.15) is 13.2 Å². The zero-order valence-corrected chi connectivity index (χ0v) is 12.0. The van der Waals surface area contributed by atoms with Gasteiger partial charge in [0, 0.05) is 21.8 Å². The molecule has 18 heavy (non-hydrogen) atoms. The molecule has 0 aromatic heterocycles. The number of benzene rings is 1. The van der Waals surface area contributed by atoms with E-state index >= 15 is 0 Å². The van der Waals surface area contributed by atoms with E-state index in [1.165, 1.54) is 6.07 Å². The molecule has 0 saturated heterocycles. The fraction of sp³-hybridized carbons (Fsp3) is 0.300. The number of halogens is 5. The molecule has 2 nitrogen and oxygen atoms in total. The molecule has 0 saturated carbocycles. The van der Waals surface area contributed by atoms with Gasteiger partial charge in [-0.3, -0.25) is 4.79 Å². The zero-order chi connectivity index (χ0) is 13.8. The first-order chi connectivity index (χ1) is 8.29. The maximum absolute atomic E-state index is 11.8. The van der Waals surface area contributed by atoms with Crippen LogP contribution in [0.1, 0.15) is 10.4 Å². The topological polar surface area (TPSA) is 29.1 Å². The molecule has 0 spiro atoms. The van der Waals surface area contributed by atoms with E-state index in [-0.39, 0.29) is 24.1 Å². The van der Waals surface area contributed by atoms with Crippen LogP contribution in [0.3, 0.4) is 0 Å². The summed E-state index contributed by atoms with van der Waals surface area (Å²) in [6.07, 6.45) is 0. The van der Waals surface area contributed by atoms with Crippen molar-refractivity contribution in [3.05, 3.63) is 33.3 Å². The van der Waals surface area contributed by atoms with E-state index < -0.39 is 11.4 Å². The van der Waals surface area contributed by atoms with Gasteiger partial charge in [-0.1, -0.05) is 11.6 Å². The Labute approximate surface area is 119 Å². The van der Waals surface area contributed by atoms with Crippen molar-refractivity contribution >= 4 is 45.2 Å². The summed E-state index contributed by atoms with van der Waals surface area (Å²) in [5.74, 6) is -0.694. The highest BCUT2D eigenvalue weighted by atomic mass is 79.9. The van der Waals surface area contributed by atoms with Crippen LogP contribution in [0.15, 0.2) is 22.7 Å². The van der Waals surface area contributed by atoms with Crippen LogP contribution in [-0.4, -0.2) is 23.7 Å². The van der Waals surface area contributed by atoms with Gasteiger partial charge in [0.2, 0.25) is 0 Å². The molecule has 1 N–H and O–H groups in total. The van der Waals surface area contributed by atoms with Crippen molar-refractivity contribution in [3.8, 4) is 0 Å². The second-order valence-electron chi connectivity index (χ2n) is 3.17. The maximum Gasteiger partial charge on any atom is 0.441 e. The second kappa shape index (κ2) is 6.68. The minimum atomic E-state index is -4.28. The lowest BCUT2D eigenvalue weighted by Gasteiger charge is -2.08. The molecule has 100 valence electrons. The Kier molecular flexibility index (Phi) is 5.81. The number of nitrogens with one attached hydrogen (secondary N) is 1. The van der Waals surface area contributed by atoms with Crippen molar-refractivity contribution in [2.24, 2.45) is 0 Å². The third-order valence-corrected chi connectivity index (χ3v) is 3.49. The van der Waals surface area contributed by atoms with Crippen molar-refractivity contribution in [3.63, 3.8) is 0 Å². The first-order valence-electron chi connectivity index (χ1n) is 4.73. The molecule has 0 atom stereocenters. The normalized spacial score (nSPS) is 11.4. The van der Waals surface area contributed by atoms with E-state index in [1.54, 1.807) is 12.1 Å². The van der Waals surface area contributed by atoms with Crippen LogP contribution in [0.4, 0.5) is 13.2 Å². The van der Waals surface area contributed by atoms with Crippen LogP contribution < -0.4 is 5.32 Å². The molecule has 0 aliphatic carbocycles. The van der Waals surface area contributed by atoms with E-state index in [4.69, 9.17) is 11.6 Å². The van der Waals surface area contributed by atoms with Crippen LogP contribution in [0.5, 0.6) is 0 Å². The molecule has 0 heterocycles. The average molecular weight is 363 g/mol. The highest BCUT2D eigenvalue weighted by Gasteiger charge is 2.27. The van der Waals surface area contributed by atoms with E-state index in [0.29, 0.717) is 15.1 Å². The number of alkyl halides is 3. The summed E-state index contributed by atoms with van der Waals surface area (Å²) in [7, 11) is 0. The van der Waals surface area contributed by atoms with Gasteiger partial charge < -0.3 is 5.32 Å². The fourth-order valence-corrected chi connectivity index (χ4v) is 2.13. The smallest absolute Gasteiger partial charge is 0.351 e.